The lowest BCUT2D eigenvalue weighted by Crippen LogP contribution is -2.35. The predicted octanol–water partition coefficient (Wildman–Crippen LogP) is 4.84. The van der Waals surface area contributed by atoms with Crippen LogP contribution in [-0.4, -0.2) is 46.8 Å². The Morgan fingerprint density at radius 1 is 1.06 bits per heavy atom. The number of hydrogen-bond donors (Lipinski definition) is 2. The molecule has 2 amide bonds. The molecular formula is C22H23Cl2N5O3. The molecule has 0 aromatic carbocycles. The molecule has 0 atom stereocenters. The largest absolute Gasteiger partial charge is 0.447 e. The number of anilines is 2. The van der Waals surface area contributed by atoms with E-state index in [1.54, 1.807) is 24.3 Å². The van der Waals surface area contributed by atoms with Crippen molar-refractivity contribution in [2.24, 2.45) is 5.92 Å². The first-order chi connectivity index (χ1) is 15.3. The van der Waals surface area contributed by atoms with Crippen molar-refractivity contribution < 1.29 is 14.0 Å². The smallest absolute Gasteiger partial charge is 0.294 e. The van der Waals surface area contributed by atoms with Gasteiger partial charge in [0.25, 0.3) is 5.91 Å². The van der Waals surface area contributed by atoms with Crippen LogP contribution in [0.5, 0.6) is 0 Å². The fourth-order valence-corrected chi connectivity index (χ4v) is 4.19. The van der Waals surface area contributed by atoms with Crippen LogP contribution in [0.15, 0.2) is 34.9 Å². The van der Waals surface area contributed by atoms with E-state index in [0.29, 0.717) is 28.0 Å². The quantitative estimate of drug-likeness (QED) is 0.511. The number of furan rings is 1. The first kappa shape index (κ1) is 22.5. The topological polar surface area (TPSA) is 100 Å². The van der Waals surface area contributed by atoms with E-state index in [1.807, 2.05) is 0 Å². The van der Waals surface area contributed by atoms with Crippen LogP contribution in [0.25, 0.3) is 11.1 Å². The Hall–Kier alpha value is -2.68. The van der Waals surface area contributed by atoms with Gasteiger partial charge in [-0.15, -0.1) is 0 Å². The lowest BCUT2D eigenvalue weighted by Gasteiger charge is -2.31. The average molecular weight is 476 g/mol. The number of nitrogens with one attached hydrogen (secondary N) is 2. The van der Waals surface area contributed by atoms with Gasteiger partial charge in [-0.3, -0.25) is 9.59 Å². The highest BCUT2D eigenvalue weighted by atomic mass is 35.5. The predicted molar refractivity (Wildman–Crippen MR) is 124 cm³/mol. The molecule has 0 aliphatic heterocycles. The number of pyridine rings is 2. The number of rotatable bonds is 5. The van der Waals surface area contributed by atoms with Gasteiger partial charge >= 0.3 is 0 Å². The van der Waals surface area contributed by atoms with Gasteiger partial charge in [0, 0.05) is 18.2 Å². The van der Waals surface area contributed by atoms with E-state index in [9.17, 15) is 9.59 Å². The van der Waals surface area contributed by atoms with Gasteiger partial charge < -0.3 is 20.0 Å². The number of amides is 2. The lowest BCUT2D eigenvalue weighted by atomic mass is 9.85. The van der Waals surface area contributed by atoms with E-state index >= 15 is 0 Å². The summed E-state index contributed by atoms with van der Waals surface area (Å²) < 4.78 is 5.74. The van der Waals surface area contributed by atoms with Crippen molar-refractivity contribution >= 4 is 57.6 Å². The van der Waals surface area contributed by atoms with Crippen molar-refractivity contribution in [2.45, 2.75) is 31.7 Å². The average Bonchev–Trinajstić information content (AvgIpc) is 3.13. The highest BCUT2D eigenvalue weighted by Crippen LogP contribution is 2.33. The fourth-order valence-electron chi connectivity index (χ4n) is 3.93. The molecule has 3 heterocycles. The minimum atomic E-state index is -0.569. The zero-order chi connectivity index (χ0) is 22.8. The van der Waals surface area contributed by atoms with Crippen LogP contribution in [0.1, 0.15) is 36.2 Å². The summed E-state index contributed by atoms with van der Waals surface area (Å²) in [5.41, 5.74) is 0.867. The van der Waals surface area contributed by atoms with Crippen molar-refractivity contribution in [1.82, 2.24) is 14.9 Å². The summed E-state index contributed by atoms with van der Waals surface area (Å²) in [6.45, 7) is 0. The second-order valence-corrected chi connectivity index (χ2v) is 8.88. The van der Waals surface area contributed by atoms with E-state index in [4.69, 9.17) is 27.6 Å². The molecule has 3 aromatic heterocycles. The number of hydrogen-bond acceptors (Lipinski definition) is 6. The van der Waals surface area contributed by atoms with E-state index in [1.165, 1.54) is 6.20 Å². The number of fused-ring (bicyclic) bond motifs is 1. The molecule has 1 saturated carbocycles. The molecule has 0 radical (unpaired) electrons. The molecule has 1 aliphatic carbocycles. The standard InChI is InChI=1S/C22H23Cl2N5O3/c1-29(2)14-6-3-12(4-7-14)21(30)28-19-18-15(8-9-16(24)26-18)32-20(19)22(31)27-17-10-5-13(23)11-25-17/h5,8-12,14H,3-4,6-7H2,1-2H3,(H,28,30)(H,25,27,31). The second-order valence-electron chi connectivity index (χ2n) is 8.06. The first-order valence-corrected chi connectivity index (χ1v) is 11.1. The molecule has 10 heteroatoms. The van der Waals surface area contributed by atoms with Gasteiger partial charge in [-0.1, -0.05) is 23.2 Å². The van der Waals surface area contributed by atoms with Crippen molar-refractivity contribution in [1.29, 1.82) is 0 Å². The minimum absolute atomic E-state index is 0.0677. The van der Waals surface area contributed by atoms with Crippen LogP contribution in [-0.2, 0) is 4.79 Å². The molecule has 168 valence electrons. The van der Waals surface area contributed by atoms with Gasteiger partial charge in [0.05, 0.1) is 5.02 Å². The Bertz CT molecular complexity index is 1140. The number of carbonyl (C=O) groups excluding carboxylic acids is 2. The Morgan fingerprint density at radius 3 is 2.47 bits per heavy atom. The first-order valence-electron chi connectivity index (χ1n) is 10.3. The van der Waals surface area contributed by atoms with Gasteiger partial charge in [-0.05, 0) is 64.0 Å². The summed E-state index contributed by atoms with van der Waals surface area (Å²) in [5, 5.41) is 6.21. The van der Waals surface area contributed by atoms with Crippen LogP contribution in [0.3, 0.4) is 0 Å². The van der Waals surface area contributed by atoms with Crippen LogP contribution in [0, 0.1) is 5.92 Å². The SMILES string of the molecule is CN(C)C1CCC(C(=O)Nc2c(C(=O)Nc3ccc(Cl)cn3)oc3ccc(Cl)nc23)CC1. The van der Waals surface area contributed by atoms with Crippen LogP contribution < -0.4 is 10.6 Å². The van der Waals surface area contributed by atoms with Gasteiger partial charge in [-0.2, -0.15) is 0 Å². The molecule has 0 bridgehead atoms. The maximum atomic E-state index is 13.1. The van der Waals surface area contributed by atoms with Gasteiger partial charge in [-0.25, -0.2) is 9.97 Å². The number of carbonyl (C=O) groups is 2. The molecule has 0 spiro atoms. The maximum Gasteiger partial charge on any atom is 0.294 e. The Kier molecular flexibility index (Phi) is 6.64. The van der Waals surface area contributed by atoms with E-state index in [0.717, 1.165) is 25.7 Å². The molecule has 4 rings (SSSR count). The van der Waals surface area contributed by atoms with E-state index in [-0.39, 0.29) is 28.4 Å². The van der Waals surface area contributed by atoms with Crippen molar-refractivity contribution in [3.63, 3.8) is 0 Å². The fraction of sp³-hybridized carbons (Fsp3) is 0.364. The molecule has 0 saturated heterocycles. The Labute approximate surface area is 195 Å². The van der Waals surface area contributed by atoms with Crippen molar-refractivity contribution in [3.05, 3.63) is 46.4 Å². The molecule has 0 unspecified atom stereocenters. The third-order valence-corrected chi connectivity index (χ3v) is 6.16. The Morgan fingerprint density at radius 2 is 1.81 bits per heavy atom. The summed E-state index contributed by atoms with van der Waals surface area (Å²) in [5.74, 6) is -0.651. The molecule has 2 N–H and O–H groups in total. The van der Waals surface area contributed by atoms with Gasteiger partial charge in [0.1, 0.15) is 22.2 Å². The molecular weight excluding hydrogens is 453 g/mol. The van der Waals surface area contributed by atoms with Crippen LogP contribution in [0.2, 0.25) is 10.2 Å². The van der Waals surface area contributed by atoms with E-state index in [2.05, 4.69) is 39.6 Å². The van der Waals surface area contributed by atoms with Gasteiger partial charge in [0.15, 0.2) is 5.58 Å². The maximum absolute atomic E-state index is 13.1. The summed E-state index contributed by atoms with van der Waals surface area (Å²) in [6, 6.07) is 6.82. The zero-order valence-corrected chi connectivity index (χ0v) is 19.2. The van der Waals surface area contributed by atoms with Crippen molar-refractivity contribution in [3.8, 4) is 0 Å². The number of nitrogens with zero attached hydrogens (tertiary/aromatic N) is 3. The second kappa shape index (κ2) is 9.44. The molecule has 1 aliphatic rings. The highest BCUT2D eigenvalue weighted by molar-refractivity contribution is 6.30. The third kappa shape index (κ3) is 4.87. The summed E-state index contributed by atoms with van der Waals surface area (Å²) in [4.78, 5) is 36.5. The summed E-state index contributed by atoms with van der Waals surface area (Å²) in [7, 11) is 4.11. The normalized spacial score (nSPS) is 18.7. The number of aromatic nitrogens is 2. The molecule has 8 nitrogen and oxygen atoms in total. The zero-order valence-electron chi connectivity index (χ0n) is 17.7. The van der Waals surface area contributed by atoms with Crippen LogP contribution >= 0.6 is 23.2 Å². The highest BCUT2D eigenvalue weighted by Gasteiger charge is 2.30. The van der Waals surface area contributed by atoms with Gasteiger partial charge in [0.2, 0.25) is 11.7 Å². The lowest BCUT2D eigenvalue weighted by molar-refractivity contribution is -0.121. The third-order valence-electron chi connectivity index (χ3n) is 5.72. The summed E-state index contributed by atoms with van der Waals surface area (Å²) in [6.07, 6.45) is 4.85. The molecule has 1 fully saturated rings. The molecule has 32 heavy (non-hydrogen) atoms. The molecule has 3 aromatic rings. The monoisotopic (exact) mass is 475 g/mol. The van der Waals surface area contributed by atoms with E-state index < -0.39 is 5.91 Å². The minimum Gasteiger partial charge on any atom is -0.447 e. The van der Waals surface area contributed by atoms with Crippen molar-refractivity contribution in [2.75, 3.05) is 24.7 Å². The Balaban J connectivity index is 1.59. The number of halogens is 2. The summed E-state index contributed by atoms with van der Waals surface area (Å²) >= 11 is 11.9. The van der Waals surface area contributed by atoms with Crippen LogP contribution in [0.4, 0.5) is 11.5 Å².